The zero-order valence-electron chi connectivity index (χ0n) is 17.2. The highest BCUT2D eigenvalue weighted by atomic mass is 16.2. The van der Waals surface area contributed by atoms with Crippen LogP contribution >= 0.6 is 0 Å². The number of piperidine rings is 3. The third-order valence-electron chi connectivity index (χ3n) is 7.12. The minimum Gasteiger partial charge on any atom is -0.357 e. The molecule has 2 bridgehead atoms. The monoisotopic (exact) mass is 398 g/mol. The fraction of sp³-hybridized carbons (Fsp3) is 0.714. The van der Waals surface area contributed by atoms with E-state index in [1.807, 2.05) is 9.80 Å². The van der Waals surface area contributed by atoms with Gasteiger partial charge in [0.15, 0.2) is 0 Å². The molecule has 6 rings (SSSR count). The van der Waals surface area contributed by atoms with Gasteiger partial charge in [0, 0.05) is 45.2 Å². The van der Waals surface area contributed by atoms with Crippen molar-refractivity contribution in [2.45, 2.75) is 51.1 Å². The highest BCUT2D eigenvalue weighted by Crippen LogP contribution is 2.34. The Morgan fingerprint density at radius 1 is 1.00 bits per heavy atom. The SMILES string of the molecule is CNc1nc2c(c(C(=O)N3CCCC3)n1)CN(C(=O)C1CC3CCN1CC3)CC2. The van der Waals surface area contributed by atoms with E-state index in [4.69, 9.17) is 0 Å². The van der Waals surface area contributed by atoms with Crippen LogP contribution in [-0.2, 0) is 17.8 Å². The third kappa shape index (κ3) is 3.37. The van der Waals surface area contributed by atoms with E-state index in [1.165, 1.54) is 12.8 Å². The van der Waals surface area contributed by atoms with Crippen molar-refractivity contribution in [2.75, 3.05) is 45.1 Å². The van der Waals surface area contributed by atoms with Gasteiger partial charge in [-0.15, -0.1) is 0 Å². The van der Waals surface area contributed by atoms with Gasteiger partial charge >= 0.3 is 0 Å². The number of amides is 2. The molecule has 0 saturated carbocycles. The van der Waals surface area contributed by atoms with Gasteiger partial charge in [-0.1, -0.05) is 0 Å². The summed E-state index contributed by atoms with van der Waals surface area (Å²) in [5.41, 5.74) is 2.22. The second kappa shape index (κ2) is 7.55. The Morgan fingerprint density at radius 3 is 2.41 bits per heavy atom. The third-order valence-corrected chi connectivity index (χ3v) is 7.12. The fourth-order valence-corrected chi connectivity index (χ4v) is 5.39. The standard InChI is InChI=1S/C21H30N6O2/c1-22-21-23-16-6-11-27(19(28)17-12-14-4-9-25(17)10-5-14)13-15(16)18(24-21)20(29)26-7-2-3-8-26/h14,17H,2-13H2,1H3,(H,22,23,24). The lowest BCUT2D eigenvalue weighted by molar-refractivity contribution is -0.142. The van der Waals surface area contributed by atoms with Crippen molar-refractivity contribution in [3.63, 3.8) is 0 Å². The molecule has 5 aliphatic rings. The second-order valence-electron chi connectivity index (χ2n) is 8.81. The van der Waals surface area contributed by atoms with Crippen LogP contribution in [0.25, 0.3) is 0 Å². The van der Waals surface area contributed by atoms with Crippen LogP contribution in [0.15, 0.2) is 0 Å². The second-order valence-corrected chi connectivity index (χ2v) is 8.81. The van der Waals surface area contributed by atoms with Crippen LogP contribution in [-0.4, -0.2) is 82.3 Å². The molecule has 2 amide bonds. The molecule has 0 aromatic carbocycles. The molecule has 1 N–H and O–H groups in total. The minimum atomic E-state index is -0.0209. The van der Waals surface area contributed by atoms with E-state index in [-0.39, 0.29) is 17.9 Å². The van der Waals surface area contributed by atoms with E-state index in [1.54, 1.807) is 7.05 Å². The molecule has 1 atom stereocenters. The Hall–Kier alpha value is -2.22. The smallest absolute Gasteiger partial charge is 0.273 e. The van der Waals surface area contributed by atoms with Crippen LogP contribution in [0.1, 0.15) is 53.8 Å². The predicted octanol–water partition coefficient (Wildman–Crippen LogP) is 1.12. The first-order chi connectivity index (χ1) is 14.1. The summed E-state index contributed by atoms with van der Waals surface area (Å²) < 4.78 is 0. The molecule has 1 aromatic heterocycles. The quantitative estimate of drug-likeness (QED) is 0.822. The molecule has 6 heterocycles. The number of nitrogens with one attached hydrogen (secondary N) is 1. The number of hydrogen-bond acceptors (Lipinski definition) is 6. The summed E-state index contributed by atoms with van der Waals surface area (Å²) in [5.74, 6) is 1.38. The molecular weight excluding hydrogens is 368 g/mol. The molecule has 1 unspecified atom stereocenters. The molecule has 4 fully saturated rings. The van der Waals surface area contributed by atoms with Crippen LogP contribution in [0.4, 0.5) is 5.95 Å². The average Bonchev–Trinajstić information content (AvgIpc) is 3.32. The Labute approximate surface area is 171 Å². The summed E-state index contributed by atoms with van der Waals surface area (Å²) in [5, 5.41) is 2.99. The molecule has 5 aliphatic heterocycles. The first kappa shape index (κ1) is 18.8. The largest absolute Gasteiger partial charge is 0.357 e. The number of carbonyl (C=O) groups excluding carboxylic acids is 2. The molecule has 1 aromatic rings. The molecular formula is C21H30N6O2. The van der Waals surface area contributed by atoms with Crippen molar-refractivity contribution in [3.05, 3.63) is 17.0 Å². The zero-order chi connectivity index (χ0) is 20.0. The molecule has 29 heavy (non-hydrogen) atoms. The molecule has 156 valence electrons. The topological polar surface area (TPSA) is 81.7 Å². The maximum absolute atomic E-state index is 13.3. The van der Waals surface area contributed by atoms with Crippen molar-refractivity contribution in [3.8, 4) is 0 Å². The van der Waals surface area contributed by atoms with Crippen molar-refractivity contribution in [1.82, 2.24) is 24.7 Å². The van der Waals surface area contributed by atoms with Gasteiger partial charge < -0.3 is 15.1 Å². The summed E-state index contributed by atoms with van der Waals surface area (Å²) >= 11 is 0. The Morgan fingerprint density at radius 2 is 1.76 bits per heavy atom. The van der Waals surface area contributed by atoms with Gasteiger partial charge in [0.1, 0.15) is 5.69 Å². The summed E-state index contributed by atoms with van der Waals surface area (Å²) in [7, 11) is 1.77. The van der Waals surface area contributed by atoms with Gasteiger partial charge in [-0.05, 0) is 51.1 Å². The van der Waals surface area contributed by atoms with Crippen LogP contribution < -0.4 is 5.32 Å². The highest BCUT2D eigenvalue weighted by Gasteiger charge is 2.40. The lowest BCUT2D eigenvalue weighted by Crippen LogP contribution is -2.56. The van der Waals surface area contributed by atoms with E-state index in [0.29, 0.717) is 37.1 Å². The van der Waals surface area contributed by atoms with Crippen molar-refractivity contribution in [1.29, 1.82) is 0 Å². The zero-order valence-corrected chi connectivity index (χ0v) is 17.2. The Kier molecular flexibility index (Phi) is 4.89. The summed E-state index contributed by atoms with van der Waals surface area (Å²) in [6, 6.07) is 0.0132. The number of carbonyl (C=O) groups is 2. The van der Waals surface area contributed by atoms with Gasteiger partial charge in [0.2, 0.25) is 11.9 Å². The van der Waals surface area contributed by atoms with Crippen LogP contribution in [0.3, 0.4) is 0 Å². The molecule has 0 radical (unpaired) electrons. The number of aromatic nitrogens is 2. The Bertz CT molecular complexity index is 814. The van der Waals surface area contributed by atoms with Gasteiger partial charge in [-0.2, -0.15) is 0 Å². The van der Waals surface area contributed by atoms with Crippen LogP contribution in [0.2, 0.25) is 0 Å². The van der Waals surface area contributed by atoms with E-state index in [9.17, 15) is 9.59 Å². The minimum absolute atomic E-state index is 0.0132. The predicted molar refractivity (Wildman–Crippen MR) is 109 cm³/mol. The van der Waals surface area contributed by atoms with E-state index < -0.39 is 0 Å². The fourth-order valence-electron chi connectivity index (χ4n) is 5.39. The normalized spacial score (nSPS) is 28.4. The number of anilines is 1. The first-order valence-corrected chi connectivity index (χ1v) is 11.0. The van der Waals surface area contributed by atoms with Gasteiger partial charge in [0.25, 0.3) is 5.91 Å². The summed E-state index contributed by atoms with van der Waals surface area (Å²) in [6.07, 6.45) is 6.19. The van der Waals surface area contributed by atoms with Crippen molar-refractivity contribution in [2.24, 2.45) is 5.92 Å². The number of likely N-dealkylation sites (tertiary alicyclic amines) is 1. The lowest BCUT2D eigenvalue weighted by atomic mass is 9.82. The first-order valence-electron chi connectivity index (χ1n) is 11.0. The number of rotatable bonds is 3. The number of fused-ring (bicyclic) bond motifs is 4. The lowest BCUT2D eigenvalue weighted by Gasteiger charge is -2.46. The van der Waals surface area contributed by atoms with Crippen LogP contribution in [0.5, 0.6) is 0 Å². The number of nitrogens with zero attached hydrogens (tertiary/aromatic N) is 5. The molecule has 0 spiro atoms. The van der Waals surface area contributed by atoms with Gasteiger partial charge in [-0.25, -0.2) is 9.97 Å². The molecule has 8 heteroatoms. The maximum atomic E-state index is 13.3. The Balaban J connectivity index is 1.41. The van der Waals surface area contributed by atoms with E-state index in [0.717, 1.165) is 56.7 Å². The molecule has 0 aliphatic carbocycles. The molecule has 8 nitrogen and oxygen atoms in total. The molecule has 4 saturated heterocycles. The summed E-state index contributed by atoms with van der Waals surface area (Å²) in [4.78, 5) is 41.8. The maximum Gasteiger partial charge on any atom is 0.273 e. The van der Waals surface area contributed by atoms with E-state index in [2.05, 4.69) is 20.2 Å². The summed E-state index contributed by atoms with van der Waals surface area (Å²) in [6.45, 7) is 4.76. The van der Waals surface area contributed by atoms with Gasteiger partial charge in [0.05, 0.1) is 11.7 Å². The van der Waals surface area contributed by atoms with Crippen LogP contribution in [0, 0.1) is 5.92 Å². The average molecular weight is 399 g/mol. The number of hydrogen-bond donors (Lipinski definition) is 1. The van der Waals surface area contributed by atoms with Crippen molar-refractivity contribution >= 4 is 17.8 Å². The highest BCUT2D eigenvalue weighted by molar-refractivity contribution is 5.95. The van der Waals surface area contributed by atoms with Gasteiger partial charge in [-0.3, -0.25) is 14.5 Å². The van der Waals surface area contributed by atoms with E-state index >= 15 is 0 Å². The van der Waals surface area contributed by atoms with Crippen molar-refractivity contribution < 1.29 is 9.59 Å².